The second-order valence-electron chi connectivity index (χ2n) is 9.09. The molecule has 1 amide bonds. The number of aromatic nitrogens is 2. The van der Waals surface area contributed by atoms with E-state index in [-0.39, 0.29) is 12.5 Å². The van der Waals surface area contributed by atoms with Crippen LogP contribution in [-0.2, 0) is 11.3 Å². The lowest BCUT2D eigenvalue weighted by molar-refractivity contribution is -0.121. The smallest absolute Gasteiger partial charge is 0.260 e. The Morgan fingerprint density at radius 1 is 0.780 bits per heavy atom. The fourth-order valence-electron chi connectivity index (χ4n) is 4.54. The van der Waals surface area contributed by atoms with Crippen molar-refractivity contribution in [1.82, 2.24) is 15.0 Å². The molecule has 0 atom stereocenters. The summed E-state index contributed by atoms with van der Waals surface area (Å²) < 4.78 is 17.9. The molecule has 0 unspecified atom stereocenters. The molecule has 0 aliphatic rings. The van der Waals surface area contributed by atoms with Gasteiger partial charge in [0, 0.05) is 16.7 Å². The van der Waals surface area contributed by atoms with Gasteiger partial charge in [0.15, 0.2) is 11.5 Å². The number of amides is 1. The Bertz CT molecular complexity index is 1650. The first-order valence-electron chi connectivity index (χ1n) is 13.0. The van der Waals surface area contributed by atoms with Crippen molar-refractivity contribution in [2.75, 3.05) is 21.3 Å². The van der Waals surface area contributed by atoms with Gasteiger partial charge in [-0.3, -0.25) is 4.79 Å². The van der Waals surface area contributed by atoms with Crippen molar-refractivity contribution >= 4 is 12.1 Å². The van der Waals surface area contributed by atoms with Gasteiger partial charge in [0.05, 0.1) is 38.9 Å². The molecule has 0 bridgehead atoms. The predicted molar refractivity (Wildman–Crippen MR) is 160 cm³/mol. The van der Waals surface area contributed by atoms with Gasteiger partial charge in [-0.15, -0.1) is 0 Å². The van der Waals surface area contributed by atoms with E-state index in [1.54, 1.807) is 39.7 Å². The highest BCUT2D eigenvalue weighted by Crippen LogP contribution is 2.36. The highest BCUT2D eigenvalue weighted by molar-refractivity contribution is 5.86. The molecule has 0 spiro atoms. The highest BCUT2D eigenvalue weighted by Gasteiger charge is 2.22. The van der Waals surface area contributed by atoms with Crippen LogP contribution in [0.1, 0.15) is 5.56 Å². The molecule has 8 nitrogen and oxygen atoms in total. The molecule has 0 saturated heterocycles. The maximum absolute atomic E-state index is 13.3. The molecule has 5 aromatic rings. The van der Waals surface area contributed by atoms with Crippen LogP contribution in [0.15, 0.2) is 108 Å². The molecule has 8 heteroatoms. The topological polar surface area (TPSA) is 87.0 Å². The number of carbonyl (C=O) groups is 1. The normalized spacial score (nSPS) is 10.9. The van der Waals surface area contributed by atoms with Crippen molar-refractivity contribution in [1.29, 1.82) is 0 Å². The lowest BCUT2D eigenvalue weighted by atomic mass is 10.0. The van der Waals surface area contributed by atoms with Crippen molar-refractivity contribution in [2.24, 2.45) is 5.10 Å². The number of hydrogen-bond donors (Lipinski definition) is 1. The molecule has 0 saturated carbocycles. The van der Waals surface area contributed by atoms with Crippen LogP contribution >= 0.6 is 0 Å². The Morgan fingerprint density at radius 2 is 1.44 bits per heavy atom. The fraction of sp³-hybridized carbons (Fsp3) is 0.121. The summed E-state index contributed by atoms with van der Waals surface area (Å²) in [6, 6.07) is 32.9. The van der Waals surface area contributed by atoms with E-state index in [0.717, 1.165) is 39.4 Å². The Balaban J connectivity index is 1.53. The van der Waals surface area contributed by atoms with Gasteiger partial charge in [0.25, 0.3) is 5.91 Å². The number of ether oxygens (including phenoxy) is 3. The quantitative estimate of drug-likeness (QED) is 0.170. The van der Waals surface area contributed by atoms with Crippen LogP contribution in [0, 0.1) is 0 Å². The number of rotatable bonds is 10. The van der Waals surface area contributed by atoms with Crippen molar-refractivity contribution in [3.8, 4) is 51.2 Å². The van der Waals surface area contributed by atoms with Gasteiger partial charge in [-0.05, 0) is 48.0 Å². The summed E-state index contributed by atoms with van der Waals surface area (Å²) in [5, 5.41) is 4.19. The number of methoxy groups -OCH3 is 3. The third kappa shape index (κ3) is 6.12. The van der Waals surface area contributed by atoms with Gasteiger partial charge in [0.2, 0.25) is 0 Å². The van der Waals surface area contributed by atoms with Crippen LogP contribution in [0.25, 0.3) is 33.9 Å². The first kappa shape index (κ1) is 27.2. The Hall–Kier alpha value is -5.37. The van der Waals surface area contributed by atoms with E-state index >= 15 is 0 Å². The summed E-state index contributed by atoms with van der Waals surface area (Å²) in [5.74, 6) is 2.28. The Labute approximate surface area is 238 Å². The third-order valence-corrected chi connectivity index (χ3v) is 6.52. The summed E-state index contributed by atoms with van der Waals surface area (Å²) in [4.78, 5) is 18.4. The van der Waals surface area contributed by atoms with Crippen molar-refractivity contribution in [2.45, 2.75) is 6.54 Å². The molecule has 4 aromatic carbocycles. The summed E-state index contributed by atoms with van der Waals surface area (Å²) in [5.41, 5.74) is 7.78. The SMILES string of the molecule is COc1ccc(-c2nc(-c3ccccc3)c(-c3ccccc3)n2CC(=O)N/N=C/c2ccc(OC)c(OC)c2)cc1. The van der Waals surface area contributed by atoms with Crippen molar-refractivity contribution in [3.05, 3.63) is 109 Å². The molecular formula is C33H30N4O4. The van der Waals surface area contributed by atoms with Gasteiger partial charge in [-0.25, -0.2) is 10.4 Å². The van der Waals surface area contributed by atoms with E-state index in [1.807, 2.05) is 95.6 Å². The lowest BCUT2D eigenvalue weighted by Gasteiger charge is -2.13. The van der Waals surface area contributed by atoms with Crippen LogP contribution in [0.3, 0.4) is 0 Å². The van der Waals surface area contributed by atoms with E-state index in [9.17, 15) is 4.79 Å². The zero-order valence-electron chi connectivity index (χ0n) is 23.1. The van der Waals surface area contributed by atoms with E-state index in [2.05, 4.69) is 10.5 Å². The van der Waals surface area contributed by atoms with Crippen LogP contribution in [-0.4, -0.2) is 43.0 Å². The van der Waals surface area contributed by atoms with Gasteiger partial charge in [0.1, 0.15) is 18.1 Å². The first-order valence-corrected chi connectivity index (χ1v) is 13.0. The van der Waals surface area contributed by atoms with Crippen LogP contribution < -0.4 is 19.6 Å². The molecule has 0 aliphatic heterocycles. The minimum Gasteiger partial charge on any atom is -0.497 e. The number of imidazole rings is 1. The fourth-order valence-corrected chi connectivity index (χ4v) is 4.54. The van der Waals surface area contributed by atoms with E-state index in [1.165, 1.54) is 0 Å². The van der Waals surface area contributed by atoms with E-state index < -0.39 is 0 Å². The van der Waals surface area contributed by atoms with Crippen molar-refractivity contribution in [3.63, 3.8) is 0 Å². The predicted octanol–water partition coefficient (Wildman–Crippen LogP) is 6.06. The zero-order chi connectivity index (χ0) is 28.6. The number of hydrazone groups is 1. The number of benzene rings is 4. The number of hydrogen-bond acceptors (Lipinski definition) is 6. The standard InChI is InChI=1S/C33H30N4O4/c1-39-27-17-15-26(16-18-27)33-35-31(24-10-6-4-7-11-24)32(25-12-8-5-9-13-25)37(33)22-30(38)36-34-21-23-14-19-28(40-2)29(20-23)41-3/h4-21H,22H2,1-3H3,(H,36,38)/b34-21+. The van der Waals surface area contributed by atoms with Crippen molar-refractivity contribution < 1.29 is 19.0 Å². The van der Waals surface area contributed by atoms with Gasteiger partial charge >= 0.3 is 0 Å². The summed E-state index contributed by atoms with van der Waals surface area (Å²) in [6.45, 7) is -0.00526. The lowest BCUT2D eigenvalue weighted by Crippen LogP contribution is -2.24. The monoisotopic (exact) mass is 546 g/mol. The second-order valence-corrected chi connectivity index (χ2v) is 9.09. The van der Waals surface area contributed by atoms with E-state index in [0.29, 0.717) is 17.3 Å². The first-order chi connectivity index (χ1) is 20.1. The molecule has 41 heavy (non-hydrogen) atoms. The maximum atomic E-state index is 13.3. The van der Waals surface area contributed by atoms with Crippen LogP contribution in [0.2, 0.25) is 0 Å². The molecular weight excluding hydrogens is 516 g/mol. The molecule has 1 N–H and O–H groups in total. The Morgan fingerprint density at radius 3 is 2.07 bits per heavy atom. The summed E-state index contributed by atoms with van der Waals surface area (Å²) in [6.07, 6.45) is 1.56. The molecule has 0 aliphatic carbocycles. The molecule has 1 heterocycles. The highest BCUT2D eigenvalue weighted by atomic mass is 16.5. The molecule has 0 radical (unpaired) electrons. The number of nitrogens with zero attached hydrogens (tertiary/aromatic N) is 3. The third-order valence-electron chi connectivity index (χ3n) is 6.52. The van der Waals surface area contributed by atoms with Gasteiger partial charge in [-0.2, -0.15) is 5.10 Å². The van der Waals surface area contributed by atoms with Crippen LogP contribution in [0.4, 0.5) is 0 Å². The average Bonchev–Trinajstić information content (AvgIpc) is 3.40. The minimum atomic E-state index is -0.300. The zero-order valence-corrected chi connectivity index (χ0v) is 23.1. The number of nitrogens with one attached hydrogen (secondary N) is 1. The Kier molecular flexibility index (Phi) is 8.40. The summed E-state index contributed by atoms with van der Waals surface area (Å²) in [7, 11) is 4.78. The molecule has 1 aromatic heterocycles. The average molecular weight is 547 g/mol. The van der Waals surface area contributed by atoms with Gasteiger partial charge in [-0.1, -0.05) is 60.7 Å². The molecule has 206 valence electrons. The largest absolute Gasteiger partial charge is 0.497 e. The van der Waals surface area contributed by atoms with Gasteiger partial charge < -0.3 is 18.8 Å². The molecule has 0 fully saturated rings. The van der Waals surface area contributed by atoms with E-state index in [4.69, 9.17) is 19.2 Å². The summed E-state index contributed by atoms with van der Waals surface area (Å²) >= 11 is 0. The molecule has 5 rings (SSSR count). The maximum Gasteiger partial charge on any atom is 0.260 e. The second kappa shape index (κ2) is 12.7. The number of carbonyl (C=O) groups excluding carboxylic acids is 1. The van der Waals surface area contributed by atoms with Crippen LogP contribution in [0.5, 0.6) is 17.2 Å². The minimum absolute atomic E-state index is 0.00526.